The average molecular weight is 240 g/mol. The second-order valence-electron chi connectivity index (χ2n) is 3.34. The Balaban J connectivity index is 2.74. The minimum atomic E-state index is 0.581. The van der Waals surface area contributed by atoms with Crippen molar-refractivity contribution in [1.82, 2.24) is 14.8 Å². The monoisotopic (exact) mass is 239 g/mol. The molecule has 0 saturated carbocycles. The van der Waals surface area contributed by atoms with E-state index in [-0.39, 0.29) is 0 Å². The number of nitrogens with one attached hydrogen (secondary N) is 1. The Labute approximate surface area is 97.7 Å². The highest BCUT2D eigenvalue weighted by Gasteiger charge is 2.07. The first-order valence-corrected chi connectivity index (χ1v) is 5.29. The normalized spacial score (nSPS) is 10.6. The molecule has 0 aliphatic heterocycles. The second-order valence-corrected chi connectivity index (χ2v) is 4.17. The third-order valence-electron chi connectivity index (χ3n) is 2.25. The highest BCUT2D eigenvalue weighted by atomic mass is 35.5. The minimum absolute atomic E-state index is 0.581. The van der Waals surface area contributed by atoms with Gasteiger partial charge in [-0.3, -0.25) is 9.67 Å². The van der Waals surface area contributed by atoms with Gasteiger partial charge in [-0.2, -0.15) is 5.10 Å². The largest absolute Gasteiger partial charge is 0.272 e. The minimum Gasteiger partial charge on any atom is -0.272 e. The number of halogens is 1. The van der Waals surface area contributed by atoms with Crippen LogP contribution >= 0.6 is 23.8 Å². The maximum absolute atomic E-state index is 5.96. The standard InChI is InChI=1S/C10H10ClN3S/c1-6-3-4-8(11)5-9(6)14-7(2)12-13-10(14)15/h3-5H,1-2H3,(H,13,15). The second kappa shape index (κ2) is 3.79. The number of hydrogen-bond donors (Lipinski definition) is 1. The van der Waals surface area contributed by atoms with Crippen molar-refractivity contribution in [2.24, 2.45) is 0 Å². The molecule has 0 bridgehead atoms. The Morgan fingerprint density at radius 3 is 2.73 bits per heavy atom. The molecule has 1 aromatic heterocycles. The number of hydrogen-bond acceptors (Lipinski definition) is 2. The number of aromatic nitrogens is 3. The number of aryl methyl sites for hydroxylation is 2. The number of rotatable bonds is 1. The highest BCUT2D eigenvalue weighted by Crippen LogP contribution is 2.20. The molecular weight excluding hydrogens is 230 g/mol. The van der Waals surface area contributed by atoms with Gasteiger partial charge >= 0.3 is 0 Å². The summed E-state index contributed by atoms with van der Waals surface area (Å²) in [5, 5.41) is 7.51. The van der Waals surface area contributed by atoms with E-state index in [2.05, 4.69) is 10.2 Å². The molecule has 78 valence electrons. The highest BCUT2D eigenvalue weighted by molar-refractivity contribution is 7.71. The first kappa shape index (κ1) is 10.4. The predicted molar refractivity (Wildman–Crippen MR) is 63.2 cm³/mol. The van der Waals surface area contributed by atoms with Crippen LogP contribution in [0.1, 0.15) is 11.4 Å². The molecule has 0 saturated heterocycles. The first-order valence-electron chi connectivity index (χ1n) is 4.50. The topological polar surface area (TPSA) is 33.6 Å². The Morgan fingerprint density at radius 1 is 1.40 bits per heavy atom. The van der Waals surface area contributed by atoms with Gasteiger partial charge in [-0.25, -0.2) is 0 Å². The van der Waals surface area contributed by atoms with E-state index in [0.717, 1.165) is 17.1 Å². The van der Waals surface area contributed by atoms with Gasteiger partial charge in [0.2, 0.25) is 0 Å². The zero-order valence-electron chi connectivity index (χ0n) is 8.41. The van der Waals surface area contributed by atoms with Gasteiger partial charge in [0, 0.05) is 5.02 Å². The van der Waals surface area contributed by atoms with Crippen LogP contribution in [0.2, 0.25) is 5.02 Å². The molecule has 15 heavy (non-hydrogen) atoms. The van der Waals surface area contributed by atoms with Gasteiger partial charge in [-0.15, -0.1) is 0 Å². The molecule has 3 nitrogen and oxygen atoms in total. The molecule has 5 heteroatoms. The molecule has 0 unspecified atom stereocenters. The molecule has 1 aromatic carbocycles. The lowest BCUT2D eigenvalue weighted by Crippen LogP contribution is -1.99. The van der Waals surface area contributed by atoms with Crippen molar-refractivity contribution in [3.8, 4) is 5.69 Å². The fraction of sp³-hybridized carbons (Fsp3) is 0.200. The summed E-state index contributed by atoms with van der Waals surface area (Å²) in [5.41, 5.74) is 2.08. The van der Waals surface area contributed by atoms with Crippen LogP contribution in [0, 0.1) is 18.6 Å². The molecular formula is C10H10ClN3S. The van der Waals surface area contributed by atoms with Gasteiger partial charge in [-0.05, 0) is 43.8 Å². The molecule has 2 aromatic rings. The molecule has 1 N–H and O–H groups in total. The molecule has 0 atom stereocenters. The molecule has 0 aliphatic carbocycles. The van der Waals surface area contributed by atoms with E-state index in [1.165, 1.54) is 0 Å². The Bertz CT molecular complexity index is 556. The quantitative estimate of drug-likeness (QED) is 0.776. The van der Waals surface area contributed by atoms with Crippen LogP contribution in [0.25, 0.3) is 5.69 Å². The van der Waals surface area contributed by atoms with Crippen molar-refractivity contribution < 1.29 is 0 Å². The van der Waals surface area contributed by atoms with Crippen molar-refractivity contribution in [1.29, 1.82) is 0 Å². The fourth-order valence-electron chi connectivity index (χ4n) is 1.48. The molecule has 0 amide bonds. The number of H-pyrrole nitrogens is 1. The summed E-state index contributed by atoms with van der Waals surface area (Å²) in [6.45, 7) is 3.91. The lowest BCUT2D eigenvalue weighted by Gasteiger charge is -2.08. The van der Waals surface area contributed by atoms with Crippen molar-refractivity contribution in [2.45, 2.75) is 13.8 Å². The van der Waals surface area contributed by atoms with Crippen LogP contribution in [0.4, 0.5) is 0 Å². The van der Waals surface area contributed by atoms with Crippen molar-refractivity contribution in [2.75, 3.05) is 0 Å². The van der Waals surface area contributed by atoms with Gasteiger partial charge in [-0.1, -0.05) is 17.7 Å². The summed E-state index contributed by atoms with van der Waals surface area (Å²) in [6.07, 6.45) is 0. The van der Waals surface area contributed by atoms with Crippen LogP contribution in [0.5, 0.6) is 0 Å². The van der Waals surface area contributed by atoms with E-state index in [4.69, 9.17) is 23.8 Å². The Morgan fingerprint density at radius 2 is 2.13 bits per heavy atom. The van der Waals surface area contributed by atoms with Gasteiger partial charge in [0.1, 0.15) is 5.82 Å². The van der Waals surface area contributed by atoms with Crippen LogP contribution in [0.3, 0.4) is 0 Å². The third-order valence-corrected chi connectivity index (χ3v) is 2.76. The number of benzene rings is 1. The van der Waals surface area contributed by atoms with E-state index < -0.39 is 0 Å². The van der Waals surface area contributed by atoms with Crippen LogP contribution in [-0.2, 0) is 0 Å². The van der Waals surface area contributed by atoms with Gasteiger partial charge < -0.3 is 0 Å². The zero-order chi connectivity index (χ0) is 11.0. The summed E-state index contributed by atoms with van der Waals surface area (Å²) in [7, 11) is 0. The Hall–Kier alpha value is -1.13. The maximum Gasteiger partial charge on any atom is 0.199 e. The van der Waals surface area contributed by atoms with E-state index in [1.54, 1.807) is 0 Å². The molecule has 0 fully saturated rings. The summed E-state index contributed by atoms with van der Waals surface area (Å²) in [6, 6.07) is 5.71. The summed E-state index contributed by atoms with van der Waals surface area (Å²) in [5.74, 6) is 0.824. The number of nitrogens with zero attached hydrogens (tertiary/aromatic N) is 2. The van der Waals surface area contributed by atoms with Crippen molar-refractivity contribution >= 4 is 23.8 Å². The lowest BCUT2D eigenvalue weighted by molar-refractivity contribution is 0.954. The van der Waals surface area contributed by atoms with Gasteiger partial charge in [0.15, 0.2) is 4.77 Å². The summed E-state index contributed by atoms with van der Waals surface area (Å²) < 4.78 is 2.45. The van der Waals surface area contributed by atoms with Crippen LogP contribution in [-0.4, -0.2) is 14.8 Å². The predicted octanol–water partition coefficient (Wildman–Crippen LogP) is 3.20. The smallest absolute Gasteiger partial charge is 0.199 e. The van der Waals surface area contributed by atoms with Gasteiger partial charge in [0.25, 0.3) is 0 Å². The molecule has 1 heterocycles. The molecule has 0 aliphatic rings. The van der Waals surface area contributed by atoms with Crippen molar-refractivity contribution in [3.63, 3.8) is 0 Å². The SMILES string of the molecule is Cc1ccc(Cl)cc1-n1c(C)n[nH]c1=S. The average Bonchev–Trinajstić information content (AvgIpc) is 2.51. The number of aromatic amines is 1. The Kier molecular flexibility index (Phi) is 2.63. The first-order chi connectivity index (χ1) is 7.09. The van der Waals surface area contributed by atoms with Crippen LogP contribution in [0.15, 0.2) is 18.2 Å². The molecule has 0 radical (unpaired) electrons. The molecule has 2 rings (SSSR count). The zero-order valence-corrected chi connectivity index (χ0v) is 9.99. The van der Waals surface area contributed by atoms with Gasteiger partial charge in [0.05, 0.1) is 5.69 Å². The summed E-state index contributed by atoms with van der Waals surface area (Å²) >= 11 is 11.1. The van der Waals surface area contributed by atoms with E-state index >= 15 is 0 Å². The van der Waals surface area contributed by atoms with Crippen LogP contribution < -0.4 is 0 Å². The third kappa shape index (κ3) is 1.82. The molecule has 0 spiro atoms. The van der Waals surface area contributed by atoms with E-state index in [1.807, 2.05) is 36.6 Å². The van der Waals surface area contributed by atoms with Crippen molar-refractivity contribution in [3.05, 3.63) is 39.4 Å². The fourth-order valence-corrected chi connectivity index (χ4v) is 1.93. The van der Waals surface area contributed by atoms with E-state index in [0.29, 0.717) is 9.79 Å². The lowest BCUT2D eigenvalue weighted by atomic mass is 10.2. The van der Waals surface area contributed by atoms with E-state index in [9.17, 15) is 0 Å². The maximum atomic E-state index is 5.96. The summed E-state index contributed by atoms with van der Waals surface area (Å²) in [4.78, 5) is 0.